The molecule has 2 aliphatic rings. The first-order chi connectivity index (χ1) is 5.02. The zero-order chi connectivity index (χ0) is 8.11. The summed E-state index contributed by atoms with van der Waals surface area (Å²) in [6.07, 6.45) is 3.49. The maximum Gasteiger partial charge on any atom is 0.154 e. The Hall–Kier alpha value is -0.0900. The highest BCUT2D eigenvalue weighted by Gasteiger charge is 2.46. The molecule has 64 valence electrons. The molecule has 2 aliphatic carbocycles. The summed E-state index contributed by atoms with van der Waals surface area (Å²) < 4.78 is 22.7. The predicted molar refractivity (Wildman–Crippen MR) is 43.0 cm³/mol. The molecule has 2 fully saturated rings. The lowest BCUT2D eigenvalue weighted by Crippen LogP contribution is -2.33. The first kappa shape index (κ1) is 7.55. The van der Waals surface area contributed by atoms with Crippen LogP contribution in [0.25, 0.3) is 0 Å². The van der Waals surface area contributed by atoms with Crippen molar-refractivity contribution in [2.75, 3.05) is 5.75 Å². The van der Waals surface area contributed by atoms with E-state index >= 15 is 0 Å². The van der Waals surface area contributed by atoms with Crippen molar-refractivity contribution >= 4 is 9.84 Å². The first-order valence-electron chi connectivity index (χ1n) is 4.02. The molecular formula is C7H13NO2S. The fraction of sp³-hybridized carbons (Fsp3) is 1.00. The molecule has 0 radical (unpaired) electrons. The van der Waals surface area contributed by atoms with Gasteiger partial charge in [0, 0.05) is 5.54 Å². The molecule has 0 aromatic heterocycles. The molecule has 4 heteroatoms. The minimum atomic E-state index is -2.81. The first-order valence-corrected chi connectivity index (χ1v) is 5.74. The van der Waals surface area contributed by atoms with Crippen LogP contribution in [0.3, 0.4) is 0 Å². The van der Waals surface area contributed by atoms with Crippen molar-refractivity contribution in [1.82, 2.24) is 0 Å². The second-order valence-electron chi connectivity index (χ2n) is 3.87. The lowest BCUT2D eigenvalue weighted by atomic mass is 10.4. The highest BCUT2D eigenvalue weighted by Crippen LogP contribution is 2.38. The molecule has 2 N–H and O–H groups in total. The minimum Gasteiger partial charge on any atom is -0.324 e. The summed E-state index contributed by atoms with van der Waals surface area (Å²) in [6, 6.07) is 0. The molecule has 0 amide bonds. The van der Waals surface area contributed by atoms with Crippen molar-refractivity contribution in [2.24, 2.45) is 5.73 Å². The van der Waals surface area contributed by atoms with E-state index in [1.165, 1.54) is 0 Å². The number of hydrogen-bond donors (Lipinski definition) is 1. The summed E-state index contributed by atoms with van der Waals surface area (Å²) in [6.45, 7) is 0. The van der Waals surface area contributed by atoms with Gasteiger partial charge in [0.1, 0.15) is 0 Å². The maximum absolute atomic E-state index is 11.4. The Bertz CT molecular complexity index is 262. The van der Waals surface area contributed by atoms with Gasteiger partial charge in [-0.25, -0.2) is 8.42 Å². The molecule has 0 aromatic rings. The zero-order valence-electron chi connectivity index (χ0n) is 6.41. The van der Waals surface area contributed by atoms with E-state index in [9.17, 15) is 8.42 Å². The lowest BCUT2D eigenvalue weighted by Gasteiger charge is -2.07. The summed E-state index contributed by atoms with van der Waals surface area (Å²) in [5, 5.41) is -0.0384. The highest BCUT2D eigenvalue weighted by atomic mass is 32.2. The van der Waals surface area contributed by atoms with Crippen molar-refractivity contribution in [1.29, 1.82) is 0 Å². The van der Waals surface area contributed by atoms with Gasteiger partial charge in [-0.3, -0.25) is 0 Å². The van der Waals surface area contributed by atoms with Crippen molar-refractivity contribution in [2.45, 2.75) is 36.5 Å². The average Bonchev–Trinajstić information content (AvgIpc) is 2.58. The van der Waals surface area contributed by atoms with E-state index in [0.717, 1.165) is 25.7 Å². The van der Waals surface area contributed by atoms with Crippen LogP contribution in [-0.2, 0) is 9.84 Å². The third-order valence-electron chi connectivity index (χ3n) is 2.41. The Morgan fingerprint density at radius 3 is 2.27 bits per heavy atom. The Morgan fingerprint density at radius 1 is 1.36 bits per heavy atom. The molecule has 0 aliphatic heterocycles. The smallest absolute Gasteiger partial charge is 0.154 e. The van der Waals surface area contributed by atoms with Crippen LogP contribution < -0.4 is 5.73 Å². The molecule has 2 saturated carbocycles. The average molecular weight is 175 g/mol. The van der Waals surface area contributed by atoms with E-state index in [-0.39, 0.29) is 16.5 Å². The van der Waals surface area contributed by atoms with Crippen LogP contribution in [0.2, 0.25) is 0 Å². The number of nitrogens with two attached hydrogens (primary N) is 1. The standard InChI is InChI=1S/C7H13NO2S/c8-7(3-4-7)5-11(9,10)6-1-2-6/h6H,1-5,8H2. The lowest BCUT2D eigenvalue weighted by molar-refractivity contribution is 0.584. The van der Waals surface area contributed by atoms with Crippen molar-refractivity contribution in [3.63, 3.8) is 0 Å². The second-order valence-corrected chi connectivity index (χ2v) is 6.15. The molecule has 0 aromatic carbocycles. The maximum atomic E-state index is 11.4. The van der Waals surface area contributed by atoms with Crippen LogP contribution in [0.15, 0.2) is 0 Å². The summed E-state index contributed by atoms with van der Waals surface area (Å²) in [7, 11) is -2.81. The van der Waals surface area contributed by atoms with Gasteiger partial charge in [0.15, 0.2) is 9.84 Å². The minimum absolute atomic E-state index is 0.0384. The predicted octanol–water partition coefficient (Wildman–Crippen LogP) is 0.0549. The van der Waals surface area contributed by atoms with Gasteiger partial charge in [-0.1, -0.05) is 0 Å². The van der Waals surface area contributed by atoms with E-state index in [2.05, 4.69) is 0 Å². The number of sulfone groups is 1. The van der Waals surface area contributed by atoms with Crippen LogP contribution in [0, 0.1) is 0 Å². The van der Waals surface area contributed by atoms with Crippen LogP contribution in [0.5, 0.6) is 0 Å². The normalized spacial score (nSPS) is 28.5. The van der Waals surface area contributed by atoms with Crippen LogP contribution in [0.4, 0.5) is 0 Å². The Labute approximate surface area is 66.9 Å². The van der Waals surface area contributed by atoms with E-state index in [0.29, 0.717) is 0 Å². The third kappa shape index (κ3) is 1.56. The van der Waals surface area contributed by atoms with Crippen LogP contribution in [-0.4, -0.2) is 25.0 Å². The molecule has 0 saturated heterocycles. The van der Waals surface area contributed by atoms with Crippen molar-refractivity contribution in [3.05, 3.63) is 0 Å². The molecule has 0 heterocycles. The van der Waals surface area contributed by atoms with Gasteiger partial charge >= 0.3 is 0 Å². The van der Waals surface area contributed by atoms with Gasteiger partial charge in [-0.2, -0.15) is 0 Å². The number of hydrogen-bond acceptors (Lipinski definition) is 3. The van der Waals surface area contributed by atoms with Gasteiger partial charge in [0.2, 0.25) is 0 Å². The van der Waals surface area contributed by atoms with E-state index < -0.39 is 9.84 Å². The van der Waals surface area contributed by atoms with Crippen molar-refractivity contribution < 1.29 is 8.42 Å². The monoisotopic (exact) mass is 175 g/mol. The fourth-order valence-corrected chi connectivity index (χ4v) is 3.43. The van der Waals surface area contributed by atoms with Gasteiger partial charge < -0.3 is 5.73 Å². The Balaban J connectivity index is 2.03. The SMILES string of the molecule is NC1(CS(=O)(=O)C2CC2)CC1. The summed E-state index contributed by atoms with van der Waals surface area (Å²) >= 11 is 0. The van der Waals surface area contributed by atoms with Gasteiger partial charge in [-0.05, 0) is 25.7 Å². The summed E-state index contributed by atoms with van der Waals surface area (Å²) in [4.78, 5) is 0. The summed E-state index contributed by atoms with van der Waals surface area (Å²) in [5.74, 6) is 0.227. The van der Waals surface area contributed by atoms with E-state index in [1.807, 2.05) is 0 Å². The topological polar surface area (TPSA) is 60.2 Å². The number of rotatable bonds is 3. The molecule has 11 heavy (non-hydrogen) atoms. The molecule has 0 atom stereocenters. The molecule has 0 spiro atoms. The highest BCUT2D eigenvalue weighted by molar-refractivity contribution is 7.92. The van der Waals surface area contributed by atoms with Crippen LogP contribution in [0.1, 0.15) is 25.7 Å². The largest absolute Gasteiger partial charge is 0.324 e. The second kappa shape index (κ2) is 1.98. The molecule has 0 unspecified atom stereocenters. The fourth-order valence-electron chi connectivity index (χ4n) is 1.25. The van der Waals surface area contributed by atoms with Gasteiger partial charge in [-0.15, -0.1) is 0 Å². The van der Waals surface area contributed by atoms with E-state index in [4.69, 9.17) is 5.73 Å². The summed E-state index contributed by atoms with van der Waals surface area (Å²) in [5.41, 5.74) is 5.39. The quantitative estimate of drug-likeness (QED) is 0.659. The Kier molecular flexibility index (Phi) is 1.36. The Morgan fingerprint density at radius 2 is 1.91 bits per heavy atom. The van der Waals surface area contributed by atoms with Gasteiger partial charge in [0.05, 0.1) is 11.0 Å². The van der Waals surface area contributed by atoms with Crippen LogP contribution >= 0.6 is 0 Å². The van der Waals surface area contributed by atoms with Crippen molar-refractivity contribution in [3.8, 4) is 0 Å². The molecule has 2 rings (SSSR count). The molecular weight excluding hydrogens is 162 g/mol. The van der Waals surface area contributed by atoms with Gasteiger partial charge in [0.25, 0.3) is 0 Å². The molecule has 3 nitrogen and oxygen atoms in total. The zero-order valence-corrected chi connectivity index (χ0v) is 7.23. The van der Waals surface area contributed by atoms with E-state index in [1.54, 1.807) is 0 Å². The third-order valence-corrected chi connectivity index (χ3v) is 4.88. The molecule has 0 bridgehead atoms.